The molecule has 6 nitrogen and oxygen atoms in total. The average molecular weight is 457 g/mol. The van der Waals surface area contributed by atoms with Gasteiger partial charge in [-0.1, -0.05) is 23.7 Å². The molecule has 0 heterocycles. The zero-order chi connectivity index (χ0) is 21.5. The molecule has 0 aromatic heterocycles. The summed E-state index contributed by atoms with van der Waals surface area (Å²) in [6, 6.07) is 6.71. The summed E-state index contributed by atoms with van der Waals surface area (Å²) >= 11 is 5.53. The topological polar surface area (TPSA) is 97.5 Å². The first kappa shape index (κ1) is 22.6. The van der Waals surface area contributed by atoms with Crippen LogP contribution in [0.25, 0.3) is 0 Å². The largest absolute Gasteiger partial charge is 0.417 e. The zero-order valence-corrected chi connectivity index (χ0v) is 17.0. The predicted octanol–water partition coefficient (Wildman–Crippen LogP) is 3.39. The van der Waals surface area contributed by atoms with Gasteiger partial charge in [-0.15, -0.1) is 0 Å². The summed E-state index contributed by atoms with van der Waals surface area (Å²) in [7, 11) is -7.00. The van der Waals surface area contributed by atoms with Crippen molar-refractivity contribution in [2.24, 2.45) is 5.14 Å². The summed E-state index contributed by atoms with van der Waals surface area (Å²) in [5.74, 6) is 0. The van der Waals surface area contributed by atoms with E-state index in [0.29, 0.717) is 11.6 Å². The van der Waals surface area contributed by atoms with E-state index in [2.05, 4.69) is 0 Å². The normalized spacial score (nSPS) is 14.3. The van der Waals surface area contributed by atoms with Gasteiger partial charge in [-0.2, -0.15) is 17.5 Å². The van der Waals surface area contributed by atoms with Crippen molar-refractivity contribution in [3.63, 3.8) is 0 Å². The molecule has 0 bridgehead atoms. The molecule has 2 N–H and O–H groups in total. The molecule has 2 aromatic rings. The molecule has 1 unspecified atom stereocenters. The quantitative estimate of drug-likeness (QED) is 0.745. The Labute approximate surface area is 165 Å². The molecule has 0 saturated heterocycles. The Bertz CT molecular complexity index is 1090. The maximum atomic E-state index is 13.0. The van der Waals surface area contributed by atoms with Gasteiger partial charge in [0.2, 0.25) is 20.0 Å². The monoisotopic (exact) mass is 456 g/mol. The van der Waals surface area contributed by atoms with Crippen LogP contribution in [0.1, 0.15) is 24.1 Å². The van der Waals surface area contributed by atoms with Crippen LogP contribution in [0.3, 0.4) is 0 Å². The van der Waals surface area contributed by atoms with Gasteiger partial charge < -0.3 is 0 Å². The number of nitrogens with two attached hydrogens (primary N) is 1. The van der Waals surface area contributed by atoms with Gasteiger partial charge in [0.05, 0.1) is 20.4 Å². The van der Waals surface area contributed by atoms with Crippen LogP contribution >= 0.6 is 11.6 Å². The molecule has 12 heteroatoms. The van der Waals surface area contributed by atoms with Gasteiger partial charge in [0.1, 0.15) is 0 Å². The van der Waals surface area contributed by atoms with Crippen LogP contribution in [0.15, 0.2) is 52.3 Å². The van der Waals surface area contributed by atoms with E-state index in [1.165, 1.54) is 38.2 Å². The maximum Gasteiger partial charge on any atom is 0.417 e. The van der Waals surface area contributed by atoms with E-state index in [1.54, 1.807) is 0 Å². The second-order valence-electron chi connectivity index (χ2n) is 5.95. The van der Waals surface area contributed by atoms with E-state index in [4.69, 9.17) is 16.7 Å². The second-order valence-corrected chi connectivity index (χ2v) is 9.92. The summed E-state index contributed by atoms with van der Waals surface area (Å²) < 4.78 is 88.1. The summed E-state index contributed by atoms with van der Waals surface area (Å²) in [4.78, 5) is -0.721. The first-order chi connectivity index (χ1) is 12.7. The van der Waals surface area contributed by atoms with Gasteiger partial charge in [-0.3, -0.25) is 0 Å². The van der Waals surface area contributed by atoms with Gasteiger partial charge in [0.25, 0.3) is 0 Å². The third-order valence-corrected chi connectivity index (χ3v) is 7.34. The van der Waals surface area contributed by atoms with Crippen molar-refractivity contribution in [3.05, 3.63) is 58.6 Å². The first-order valence-corrected chi connectivity index (χ1v) is 11.0. The van der Waals surface area contributed by atoms with Crippen LogP contribution in [-0.4, -0.2) is 28.2 Å². The molecule has 28 heavy (non-hydrogen) atoms. The van der Waals surface area contributed by atoms with E-state index in [0.717, 1.165) is 16.4 Å². The Kier molecular flexibility index (Phi) is 6.17. The minimum absolute atomic E-state index is 0.151. The lowest BCUT2D eigenvalue weighted by atomic mass is 10.1. The Morgan fingerprint density at radius 3 is 1.96 bits per heavy atom. The van der Waals surface area contributed by atoms with Gasteiger partial charge in [-0.05, 0) is 42.8 Å². The molecule has 0 radical (unpaired) electrons. The number of hydrogen-bond acceptors (Lipinski definition) is 4. The number of nitrogens with zero attached hydrogens (tertiary/aromatic N) is 1. The number of rotatable bonds is 5. The van der Waals surface area contributed by atoms with E-state index < -0.39 is 47.7 Å². The molecule has 0 spiro atoms. The van der Waals surface area contributed by atoms with E-state index in [-0.39, 0.29) is 4.90 Å². The highest BCUT2D eigenvalue weighted by molar-refractivity contribution is 7.89. The Balaban J connectivity index is 2.41. The summed E-state index contributed by atoms with van der Waals surface area (Å²) in [6.07, 6.45) is -4.81. The molecule has 0 aliphatic heterocycles. The lowest BCUT2D eigenvalue weighted by Gasteiger charge is -2.25. The van der Waals surface area contributed by atoms with Crippen molar-refractivity contribution in [1.29, 1.82) is 0 Å². The smallest absolute Gasteiger partial charge is 0.225 e. The predicted molar refractivity (Wildman–Crippen MR) is 97.6 cm³/mol. The molecular weight excluding hydrogens is 441 g/mol. The molecule has 0 saturated carbocycles. The number of halogens is 4. The number of alkyl halides is 3. The van der Waals surface area contributed by atoms with Crippen molar-refractivity contribution in [2.75, 3.05) is 7.05 Å². The third kappa shape index (κ3) is 4.66. The highest BCUT2D eigenvalue weighted by Crippen LogP contribution is 2.37. The number of benzene rings is 2. The lowest BCUT2D eigenvalue weighted by molar-refractivity contribution is -0.137. The van der Waals surface area contributed by atoms with Crippen LogP contribution in [0, 0.1) is 0 Å². The Hall–Kier alpha value is -1.66. The minimum atomic E-state index is -4.81. The highest BCUT2D eigenvalue weighted by atomic mass is 35.5. The molecule has 0 fully saturated rings. The first-order valence-electron chi connectivity index (χ1n) is 7.63. The van der Waals surface area contributed by atoms with Crippen molar-refractivity contribution in [3.8, 4) is 0 Å². The molecule has 2 aromatic carbocycles. The summed E-state index contributed by atoms with van der Waals surface area (Å²) in [5, 5.41) is 4.40. The molecule has 0 aliphatic carbocycles. The fourth-order valence-electron chi connectivity index (χ4n) is 2.40. The number of hydrogen-bond donors (Lipinski definition) is 1. The molecule has 0 amide bonds. The van der Waals surface area contributed by atoms with Crippen LogP contribution in [0.5, 0.6) is 0 Å². The molecule has 2 rings (SSSR count). The average Bonchev–Trinajstić information content (AvgIpc) is 2.59. The molecular formula is C16H16ClF3N2O4S2. The SMILES string of the molecule is CC(c1ccc(S(N)(=O)=O)cc1)N(C)S(=O)(=O)c1ccc(Cl)c(C(F)(F)F)c1. The standard InChI is InChI=1S/C16H16ClF3N2O4S2/c1-10(11-3-5-12(6-4-11)27(21,23)24)22(2)28(25,26)13-7-8-15(17)14(9-13)16(18,19)20/h3-10H,1-2H3,(H2,21,23,24). The van der Waals surface area contributed by atoms with Gasteiger partial charge in [-0.25, -0.2) is 22.0 Å². The van der Waals surface area contributed by atoms with Crippen LogP contribution in [0.4, 0.5) is 13.2 Å². The van der Waals surface area contributed by atoms with Crippen molar-refractivity contribution < 1.29 is 30.0 Å². The van der Waals surface area contributed by atoms with Gasteiger partial charge in [0.15, 0.2) is 0 Å². The highest BCUT2D eigenvalue weighted by Gasteiger charge is 2.35. The fraction of sp³-hybridized carbons (Fsp3) is 0.250. The lowest BCUT2D eigenvalue weighted by Crippen LogP contribution is -2.30. The number of sulfonamides is 2. The maximum absolute atomic E-state index is 13.0. The van der Waals surface area contributed by atoms with Gasteiger partial charge >= 0.3 is 6.18 Å². The van der Waals surface area contributed by atoms with E-state index in [1.807, 2.05) is 0 Å². The second kappa shape index (κ2) is 7.64. The van der Waals surface area contributed by atoms with Crippen molar-refractivity contribution in [2.45, 2.75) is 28.9 Å². The third-order valence-electron chi connectivity index (χ3n) is 4.16. The number of primary sulfonamides is 1. The Morgan fingerprint density at radius 2 is 1.50 bits per heavy atom. The van der Waals surface area contributed by atoms with Crippen LogP contribution in [0.2, 0.25) is 5.02 Å². The van der Waals surface area contributed by atoms with E-state index >= 15 is 0 Å². The van der Waals surface area contributed by atoms with Gasteiger partial charge in [0, 0.05) is 13.1 Å². The van der Waals surface area contributed by atoms with Crippen LogP contribution in [-0.2, 0) is 26.2 Å². The minimum Gasteiger partial charge on any atom is -0.225 e. The summed E-state index contributed by atoms with van der Waals surface area (Å²) in [5.41, 5.74) is -0.836. The van der Waals surface area contributed by atoms with Crippen molar-refractivity contribution >= 4 is 31.6 Å². The van der Waals surface area contributed by atoms with E-state index in [9.17, 15) is 30.0 Å². The zero-order valence-electron chi connectivity index (χ0n) is 14.6. The van der Waals surface area contributed by atoms with Crippen LogP contribution < -0.4 is 5.14 Å². The molecule has 154 valence electrons. The Morgan fingerprint density at radius 1 is 1.00 bits per heavy atom. The fourth-order valence-corrected chi connectivity index (χ4v) is 4.52. The molecule has 0 aliphatic rings. The summed E-state index contributed by atoms with van der Waals surface area (Å²) in [6.45, 7) is 1.50. The van der Waals surface area contributed by atoms with Crippen molar-refractivity contribution in [1.82, 2.24) is 4.31 Å². The molecule has 1 atom stereocenters.